The predicted molar refractivity (Wildman–Crippen MR) is 74.3 cm³/mol. The van der Waals surface area contributed by atoms with Crippen molar-refractivity contribution in [1.29, 1.82) is 0 Å². The van der Waals surface area contributed by atoms with Crippen LogP contribution in [-0.4, -0.2) is 50.0 Å². The van der Waals surface area contributed by atoms with Gasteiger partial charge in [0.1, 0.15) is 0 Å². The van der Waals surface area contributed by atoms with Crippen molar-refractivity contribution in [3.63, 3.8) is 0 Å². The van der Waals surface area contributed by atoms with Crippen LogP contribution in [0.3, 0.4) is 0 Å². The summed E-state index contributed by atoms with van der Waals surface area (Å²) in [5.74, 6) is 1.47. The molecule has 1 aliphatic heterocycles. The van der Waals surface area contributed by atoms with Crippen LogP contribution in [-0.2, 0) is 9.84 Å². The highest BCUT2D eigenvalue weighted by molar-refractivity contribution is 7.91. The van der Waals surface area contributed by atoms with Crippen LogP contribution in [0.5, 0.6) is 0 Å². The molecule has 0 aromatic carbocycles. The molecule has 1 heterocycles. The van der Waals surface area contributed by atoms with Crippen LogP contribution in [0.1, 0.15) is 39.0 Å². The number of hydrogen-bond donors (Lipinski definition) is 1. The Bertz CT molecular complexity index is 358. The second kappa shape index (κ2) is 5.47. The number of nitrogens with zero attached hydrogens (tertiary/aromatic N) is 1. The first-order valence-corrected chi connectivity index (χ1v) is 8.99. The van der Waals surface area contributed by atoms with Crippen LogP contribution >= 0.6 is 0 Å². The lowest BCUT2D eigenvalue weighted by atomic mass is 9.74. The van der Waals surface area contributed by atoms with Gasteiger partial charge in [-0.3, -0.25) is 4.90 Å². The largest absolute Gasteiger partial charge is 0.329 e. The molecule has 1 aliphatic carbocycles. The van der Waals surface area contributed by atoms with Crippen LogP contribution in [0.4, 0.5) is 0 Å². The molecular weight excluding hydrogens is 248 g/mol. The molecule has 106 valence electrons. The standard InChI is InChI=1S/C13H26N2O2S/c1-2-12-3-5-13(11-14,6-4-12)15-7-9-18(16,17)10-8-15/h12H,2-11,14H2,1H3. The average molecular weight is 274 g/mol. The Morgan fingerprint density at radius 1 is 1.22 bits per heavy atom. The molecule has 2 N–H and O–H groups in total. The van der Waals surface area contributed by atoms with E-state index in [1.807, 2.05) is 0 Å². The van der Waals surface area contributed by atoms with Gasteiger partial charge in [-0.2, -0.15) is 0 Å². The summed E-state index contributed by atoms with van der Waals surface area (Å²) in [6.07, 6.45) is 6.03. The normalized spacial score (nSPS) is 37.6. The zero-order valence-corrected chi connectivity index (χ0v) is 12.2. The average Bonchev–Trinajstić information content (AvgIpc) is 2.39. The third kappa shape index (κ3) is 2.89. The summed E-state index contributed by atoms with van der Waals surface area (Å²) in [5.41, 5.74) is 6.12. The first-order valence-electron chi connectivity index (χ1n) is 7.17. The van der Waals surface area contributed by atoms with Gasteiger partial charge >= 0.3 is 0 Å². The monoisotopic (exact) mass is 274 g/mol. The van der Waals surface area contributed by atoms with Gasteiger partial charge in [-0.25, -0.2) is 8.42 Å². The summed E-state index contributed by atoms with van der Waals surface area (Å²) in [5, 5.41) is 0. The van der Waals surface area contributed by atoms with Gasteiger partial charge < -0.3 is 5.73 Å². The summed E-state index contributed by atoms with van der Waals surface area (Å²) in [4.78, 5) is 2.36. The van der Waals surface area contributed by atoms with E-state index in [0.29, 0.717) is 31.1 Å². The van der Waals surface area contributed by atoms with E-state index in [1.54, 1.807) is 0 Å². The van der Waals surface area contributed by atoms with Crippen LogP contribution in [0, 0.1) is 5.92 Å². The second-order valence-electron chi connectivity index (χ2n) is 5.92. The molecule has 0 atom stereocenters. The lowest BCUT2D eigenvalue weighted by molar-refractivity contribution is 0.0488. The minimum absolute atomic E-state index is 0.0849. The van der Waals surface area contributed by atoms with Gasteiger partial charge in [0.25, 0.3) is 0 Å². The molecule has 2 fully saturated rings. The fraction of sp³-hybridized carbons (Fsp3) is 1.00. The summed E-state index contributed by atoms with van der Waals surface area (Å²) in [7, 11) is -2.79. The maximum Gasteiger partial charge on any atom is 0.152 e. The van der Waals surface area contributed by atoms with Crippen LogP contribution in [0.2, 0.25) is 0 Å². The van der Waals surface area contributed by atoms with Crippen molar-refractivity contribution in [3.8, 4) is 0 Å². The number of rotatable bonds is 3. The Balaban J connectivity index is 2.01. The first kappa shape index (κ1) is 14.3. The highest BCUT2D eigenvalue weighted by Gasteiger charge is 2.40. The van der Waals surface area contributed by atoms with Crippen LogP contribution in [0.15, 0.2) is 0 Å². The van der Waals surface area contributed by atoms with Crippen molar-refractivity contribution in [1.82, 2.24) is 4.90 Å². The van der Waals surface area contributed by atoms with Crippen molar-refractivity contribution in [2.24, 2.45) is 11.7 Å². The molecule has 0 aromatic rings. The fourth-order valence-electron chi connectivity index (χ4n) is 3.46. The fourth-order valence-corrected chi connectivity index (χ4v) is 4.66. The lowest BCUT2D eigenvalue weighted by Crippen LogP contribution is -2.59. The van der Waals surface area contributed by atoms with Crippen molar-refractivity contribution in [2.45, 2.75) is 44.6 Å². The molecule has 0 bridgehead atoms. The Kier molecular flexibility index (Phi) is 4.34. The first-order chi connectivity index (χ1) is 8.51. The van der Waals surface area contributed by atoms with Crippen molar-refractivity contribution < 1.29 is 8.42 Å². The van der Waals surface area contributed by atoms with E-state index in [4.69, 9.17) is 5.73 Å². The zero-order valence-electron chi connectivity index (χ0n) is 11.4. The molecule has 2 rings (SSSR count). The summed E-state index contributed by atoms with van der Waals surface area (Å²) < 4.78 is 23.0. The predicted octanol–water partition coefficient (Wildman–Crippen LogP) is 1.01. The third-order valence-electron chi connectivity index (χ3n) is 5.01. The van der Waals surface area contributed by atoms with Gasteiger partial charge in [-0.05, 0) is 31.6 Å². The Labute approximate surface area is 111 Å². The van der Waals surface area contributed by atoms with Crippen molar-refractivity contribution >= 4 is 9.84 Å². The van der Waals surface area contributed by atoms with Crippen LogP contribution in [0.25, 0.3) is 0 Å². The van der Waals surface area contributed by atoms with E-state index in [-0.39, 0.29) is 5.54 Å². The molecule has 18 heavy (non-hydrogen) atoms. The summed E-state index contributed by atoms with van der Waals surface area (Å²) >= 11 is 0. The van der Waals surface area contributed by atoms with Gasteiger partial charge in [0.05, 0.1) is 11.5 Å². The van der Waals surface area contributed by atoms with Gasteiger partial charge in [-0.15, -0.1) is 0 Å². The lowest BCUT2D eigenvalue weighted by Gasteiger charge is -2.49. The molecule has 1 saturated carbocycles. The van der Waals surface area contributed by atoms with Gasteiger partial charge in [0, 0.05) is 25.2 Å². The van der Waals surface area contributed by atoms with E-state index in [0.717, 1.165) is 18.8 Å². The van der Waals surface area contributed by atoms with Crippen molar-refractivity contribution in [3.05, 3.63) is 0 Å². The third-order valence-corrected chi connectivity index (χ3v) is 6.62. The maximum atomic E-state index is 11.5. The Morgan fingerprint density at radius 3 is 2.22 bits per heavy atom. The number of hydrogen-bond acceptors (Lipinski definition) is 4. The topological polar surface area (TPSA) is 63.4 Å². The minimum Gasteiger partial charge on any atom is -0.329 e. The van der Waals surface area contributed by atoms with E-state index >= 15 is 0 Å². The number of nitrogens with two attached hydrogens (primary N) is 1. The Hall–Kier alpha value is -0.130. The molecule has 4 nitrogen and oxygen atoms in total. The van der Waals surface area contributed by atoms with Gasteiger partial charge in [0.2, 0.25) is 0 Å². The SMILES string of the molecule is CCC1CCC(CN)(N2CCS(=O)(=O)CC2)CC1. The molecule has 0 aromatic heterocycles. The maximum absolute atomic E-state index is 11.5. The molecule has 0 radical (unpaired) electrons. The minimum atomic E-state index is -2.79. The smallest absolute Gasteiger partial charge is 0.152 e. The highest BCUT2D eigenvalue weighted by Crippen LogP contribution is 2.37. The van der Waals surface area contributed by atoms with Crippen molar-refractivity contribution in [2.75, 3.05) is 31.1 Å². The quantitative estimate of drug-likeness (QED) is 0.834. The summed E-state index contributed by atoms with van der Waals surface area (Å²) in [6, 6.07) is 0. The molecule has 0 spiro atoms. The zero-order chi connectivity index (χ0) is 13.2. The summed E-state index contributed by atoms with van der Waals surface area (Å²) in [6.45, 7) is 4.28. The number of sulfone groups is 1. The van der Waals surface area contributed by atoms with Crippen LogP contribution < -0.4 is 5.73 Å². The van der Waals surface area contributed by atoms with Gasteiger partial charge in [0.15, 0.2) is 9.84 Å². The van der Waals surface area contributed by atoms with Gasteiger partial charge in [-0.1, -0.05) is 13.3 Å². The molecule has 0 unspecified atom stereocenters. The molecule has 0 amide bonds. The molecule has 1 saturated heterocycles. The van der Waals surface area contributed by atoms with E-state index in [9.17, 15) is 8.42 Å². The Morgan fingerprint density at radius 2 is 1.78 bits per heavy atom. The highest BCUT2D eigenvalue weighted by atomic mass is 32.2. The molecule has 2 aliphatic rings. The molecule has 5 heteroatoms. The van der Waals surface area contributed by atoms with E-state index < -0.39 is 9.84 Å². The van der Waals surface area contributed by atoms with E-state index in [1.165, 1.54) is 19.3 Å². The second-order valence-corrected chi connectivity index (χ2v) is 8.22. The molecular formula is C13H26N2O2S. The van der Waals surface area contributed by atoms with E-state index in [2.05, 4.69) is 11.8 Å².